The second-order valence-electron chi connectivity index (χ2n) is 0.283. The van der Waals surface area contributed by atoms with Gasteiger partial charge in [0.25, 0.3) is 0 Å². The van der Waals surface area contributed by atoms with Crippen molar-refractivity contribution in [1.29, 1.82) is 0 Å². The Morgan fingerprint density at radius 2 is 1.29 bits per heavy atom. The van der Waals surface area contributed by atoms with Crippen molar-refractivity contribution in [2.45, 2.75) is 0 Å². The number of hydrogen-bond acceptors (Lipinski definition) is 1. The Bertz CT molecular complexity index is 42.8. The summed E-state index contributed by atoms with van der Waals surface area (Å²) < 4.78 is 0. The topological polar surface area (TPSA) is 57.5 Å². The van der Waals surface area contributed by atoms with Crippen LogP contribution in [0.1, 0.15) is 2.85 Å². The molecule has 0 heterocycles. The minimum Gasteiger partial charge on any atom is -1.00 e. The van der Waals surface area contributed by atoms with E-state index in [0.29, 0.717) is 0 Å². The third-order valence-corrected chi connectivity index (χ3v) is 0. The fourth-order valence-corrected chi connectivity index (χ4v) is 0. The molecule has 36 valence electrons. The van der Waals surface area contributed by atoms with Crippen LogP contribution >= 0.6 is 13.5 Å². The Morgan fingerprint density at radius 1 is 1.29 bits per heavy atom. The Balaban J connectivity index is -0.00000000450. The largest absolute Gasteiger partial charge is 1.00 e. The van der Waals surface area contributed by atoms with Gasteiger partial charge in [0, 0.05) is 0 Å². The molecule has 0 saturated carbocycles. The SMILES string of the molecule is O=C(O)O.S.[H-].[H-].[Li+].[Li+]. The summed E-state index contributed by atoms with van der Waals surface area (Å²) in [4.78, 5) is 8.56. The molecule has 0 rings (SSSR count). The van der Waals surface area contributed by atoms with Gasteiger partial charge in [-0.15, -0.1) is 0 Å². The molecule has 0 aromatic heterocycles. The molecule has 0 aliphatic rings. The van der Waals surface area contributed by atoms with Crippen LogP contribution in [0.15, 0.2) is 0 Å². The van der Waals surface area contributed by atoms with Gasteiger partial charge in [0.2, 0.25) is 0 Å². The first-order chi connectivity index (χ1) is 1.73. The molecular formula is CH6Li2O3S. The van der Waals surface area contributed by atoms with E-state index in [2.05, 4.69) is 0 Å². The van der Waals surface area contributed by atoms with Crippen molar-refractivity contribution in [3.63, 3.8) is 0 Å². The van der Waals surface area contributed by atoms with E-state index in [1.807, 2.05) is 0 Å². The van der Waals surface area contributed by atoms with E-state index in [1.165, 1.54) is 0 Å². The Kier molecular flexibility index (Phi) is 56.4. The predicted molar refractivity (Wildman–Crippen MR) is 23.3 cm³/mol. The summed E-state index contributed by atoms with van der Waals surface area (Å²) in [5, 5.41) is 13.9. The molecule has 0 spiro atoms. The third kappa shape index (κ3) is 238. The maximum absolute atomic E-state index is 8.56. The summed E-state index contributed by atoms with van der Waals surface area (Å²) in [5.41, 5.74) is 0. The molecule has 0 aromatic carbocycles. The number of hydrogen-bond donors (Lipinski definition) is 2. The average Bonchev–Trinajstić information content (AvgIpc) is 0.811. The van der Waals surface area contributed by atoms with Crippen LogP contribution in [0.2, 0.25) is 0 Å². The van der Waals surface area contributed by atoms with Gasteiger partial charge in [-0.25, -0.2) is 4.79 Å². The van der Waals surface area contributed by atoms with Crippen LogP contribution < -0.4 is 37.7 Å². The number of carbonyl (C=O) groups is 1. The molecule has 0 radical (unpaired) electrons. The predicted octanol–water partition coefficient (Wildman–Crippen LogP) is -5.43. The third-order valence-electron chi connectivity index (χ3n) is 0. The quantitative estimate of drug-likeness (QED) is 0.307. The maximum Gasteiger partial charge on any atom is 1.00 e. The van der Waals surface area contributed by atoms with Gasteiger partial charge in [0.05, 0.1) is 0 Å². The van der Waals surface area contributed by atoms with Crippen LogP contribution in [-0.4, -0.2) is 16.4 Å². The van der Waals surface area contributed by atoms with E-state index in [1.54, 1.807) is 0 Å². The van der Waals surface area contributed by atoms with E-state index in [4.69, 9.17) is 15.0 Å². The molecule has 0 aliphatic carbocycles. The van der Waals surface area contributed by atoms with E-state index in [-0.39, 0.29) is 54.1 Å². The van der Waals surface area contributed by atoms with Gasteiger partial charge in [0.15, 0.2) is 0 Å². The normalized spacial score (nSPS) is 3.43. The molecule has 7 heavy (non-hydrogen) atoms. The molecule has 0 fully saturated rings. The standard InChI is InChI=1S/CH2O3.2Li.H2S.2H/c2-1(3)4;;;;;/h(H2,2,3,4);;;1H2;;/q;2*+1;;2*-1. The van der Waals surface area contributed by atoms with E-state index >= 15 is 0 Å². The molecule has 6 heteroatoms. The number of rotatable bonds is 0. The van der Waals surface area contributed by atoms with Gasteiger partial charge in [-0.1, -0.05) is 0 Å². The van der Waals surface area contributed by atoms with Crippen molar-refractivity contribution < 1.29 is 55.6 Å². The van der Waals surface area contributed by atoms with Crippen LogP contribution in [0, 0.1) is 0 Å². The fraction of sp³-hybridized carbons (Fsp3) is 0. The van der Waals surface area contributed by atoms with Crippen LogP contribution in [0.5, 0.6) is 0 Å². The van der Waals surface area contributed by atoms with Gasteiger partial charge in [-0.2, -0.15) is 13.5 Å². The first kappa shape index (κ1) is 24.9. The zero-order valence-corrected chi connectivity index (χ0v) is 5.30. The van der Waals surface area contributed by atoms with Crippen molar-refractivity contribution in [2.24, 2.45) is 0 Å². The van der Waals surface area contributed by atoms with Gasteiger partial charge in [0.1, 0.15) is 0 Å². The molecule has 3 nitrogen and oxygen atoms in total. The van der Waals surface area contributed by atoms with Crippen LogP contribution in [-0.2, 0) is 0 Å². The maximum atomic E-state index is 8.56. The Labute approximate surface area is 75.2 Å². The molecule has 2 N–H and O–H groups in total. The summed E-state index contributed by atoms with van der Waals surface area (Å²) in [6.45, 7) is 0. The molecular weight excluding hydrogens is 106 g/mol. The molecule has 0 saturated heterocycles. The smallest absolute Gasteiger partial charge is 1.00 e. The first-order valence-electron chi connectivity index (χ1n) is 0.651. The molecule has 0 aliphatic heterocycles. The minimum absolute atomic E-state index is 0. The molecule has 0 bridgehead atoms. The Hall–Kier alpha value is 0.815. The molecule has 0 atom stereocenters. The van der Waals surface area contributed by atoms with E-state index in [0.717, 1.165) is 0 Å². The zero-order valence-electron chi connectivity index (χ0n) is 6.30. The second kappa shape index (κ2) is 15.8. The van der Waals surface area contributed by atoms with Crippen molar-refractivity contribution in [1.82, 2.24) is 0 Å². The van der Waals surface area contributed by atoms with Crippen molar-refractivity contribution in [3.05, 3.63) is 0 Å². The minimum atomic E-state index is -1.83. The molecule has 0 aromatic rings. The Morgan fingerprint density at radius 3 is 1.29 bits per heavy atom. The van der Waals surface area contributed by atoms with Gasteiger partial charge in [-0.3, -0.25) is 0 Å². The van der Waals surface area contributed by atoms with Crippen LogP contribution in [0.25, 0.3) is 0 Å². The number of carboxylic acid groups (broad SMARTS) is 2. The van der Waals surface area contributed by atoms with Gasteiger partial charge < -0.3 is 13.1 Å². The van der Waals surface area contributed by atoms with Crippen molar-refractivity contribution in [3.8, 4) is 0 Å². The first-order valence-corrected chi connectivity index (χ1v) is 0.651. The molecule has 0 amide bonds. The van der Waals surface area contributed by atoms with Crippen LogP contribution in [0.3, 0.4) is 0 Å². The summed E-state index contributed by atoms with van der Waals surface area (Å²) in [6, 6.07) is 0. The summed E-state index contributed by atoms with van der Waals surface area (Å²) in [7, 11) is 0. The zero-order chi connectivity index (χ0) is 3.58. The van der Waals surface area contributed by atoms with Crippen LogP contribution in [0.4, 0.5) is 4.79 Å². The van der Waals surface area contributed by atoms with E-state index < -0.39 is 6.16 Å². The van der Waals surface area contributed by atoms with Gasteiger partial charge >= 0.3 is 43.9 Å². The van der Waals surface area contributed by atoms with Gasteiger partial charge in [-0.05, 0) is 0 Å². The monoisotopic (exact) mass is 112 g/mol. The summed E-state index contributed by atoms with van der Waals surface area (Å²) in [6.07, 6.45) is -1.83. The van der Waals surface area contributed by atoms with Crippen molar-refractivity contribution in [2.75, 3.05) is 0 Å². The summed E-state index contributed by atoms with van der Waals surface area (Å²) in [5.74, 6) is 0. The second-order valence-corrected chi connectivity index (χ2v) is 0.283. The summed E-state index contributed by atoms with van der Waals surface area (Å²) >= 11 is 0. The van der Waals surface area contributed by atoms with E-state index in [9.17, 15) is 0 Å². The average molecular weight is 112 g/mol. The fourth-order valence-electron chi connectivity index (χ4n) is 0. The molecule has 0 unspecified atom stereocenters. The van der Waals surface area contributed by atoms with Crippen molar-refractivity contribution >= 4 is 19.7 Å².